The highest BCUT2D eigenvalue weighted by Crippen LogP contribution is 2.30. The molecule has 0 fully saturated rings. The third-order valence-corrected chi connectivity index (χ3v) is 6.64. The van der Waals surface area contributed by atoms with Crippen LogP contribution in [0.25, 0.3) is 10.2 Å². The Morgan fingerprint density at radius 3 is 2.83 bits per heavy atom. The summed E-state index contributed by atoms with van der Waals surface area (Å²) in [6, 6.07) is 12.3. The average Bonchev–Trinajstić information content (AvgIpc) is 3.40. The molecule has 4 rings (SSSR count). The van der Waals surface area contributed by atoms with Gasteiger partial charge in [-0.1, -0.05) is 17.4 Å². The molecule has 1 amide bonds. The van der Waals surface area contributed by atoms with E-state index in [1.807, 2.05) is 29.8 Å². The molecule has 0 N–H and O–H groups in total. The van der Waals surface area contributed by atoms with Crippen molar-refractivity contribution in [1.29, 1.82) is 0 Å². The van der Waals surface area contributed by atoms with Crippen LogP contribution in [-0.4, -0.2) is 32.7 Å². The normalized spacial score (nSPS) is 11.1. The molecule has 0 bridgehead atoms. The van der Waals surface area contributed by atoms with Crippen molar-refractivity contribution in [2.45, 2.75) is 24.8 Å². The summed E-state index contributed by atoms with van der Waals surface area (Å²) < 4.78 is 16.2. The van der Waals surface area contributed by atoms with E-state index >= 15 is 0 Å². The lowest BCUT2D eigenvalue weighted by Gasteiger charge is -2.20. The van der Waals surface area contributed by atoms with Gasteiger partial charge in [-0.15, -0.1) is 11.8 Å². The molecule has 0 aliphatic rings. The molecular formula is C22H21FN4OS2. The first-order chi connectivity index (χ1) is 14.6. The number of thiazole rings is 1. The molecule has 0 saturated carbocycles. The number of nitrogens with zero attached hydrogens (tertiary/aromatic N) is 4. The molecule has 30 heavy (non-hydrogen) atoms. The van der Waals surface area contributed by atoms with Gasteiger partial charge in [0, 0.05) is 30.4 Å². The molecule has 0 aliphatic carbocycles. The van der Waals surface area contributed by atoms with E-state index in [2.05, 4.69) is 11.1 Å². The Morgan fingerprint density at radius 1 is 1.23 bits per heavy atom. The fraction of sp³-hybridized carbons (Fsp3) is 0.227. The maximum absolute atomic E-state index is 13.1. The number of aromatic nitrogens is 3. The zero-order valence-electron chi connectivity index (χ0n) is 16.5. The number of hydrogen-bond acceptors (Lipinski definition) is 5. The summed E-state index contributed by atoms with van der Waals surface area (Å²) in [5.41, 5.74) is 2.07. The summed E-state index contributed by atoms with van der Waals surface area (Å²) in [4.78, 5) is 24.5. The maximum Gasteiger partial charge on any atom is 0.239 e. The van der Waals surface area contributed by atoms with Gasteiger partial charge in [0.2, 0.25) is 5.91 Å². The standard InChI is InChI=1S/C22H21FN4OS2/c1-16-3-8-19-20(13-16)30-22(25-19)27(11-2-10-26-12-9-24-15-26)21(28)14-29-18-6-4-17(23)5-7-18/h3-9,12-13,15H,2,10-11,14H2,1H3. The molecule has 154 valence electrons. The maximum atomic E-state index is 13.1. The lowest BCUT2D eigenvalue weighted by molar-refractivity contribution is -0.116. The van der Waals surface area contributed by atoms with Gasteiger partial charge in [0.25, 0.3) is 0 Å². The van der Waals surface area contributed by atoms with Crippen LogP contribution in [0.3, 0.4) is 0 Å². The summed E-state index contributed by atoms with van der Waals surface area (Å²) in [6.45, 7) is 3.39. The Morgan fingerprint density at radius 2 is 2.07 bits per heavy atom. The van der Waals surface area contributed by atoms with E-state index in [4.69, 9.17) is 4.98 Å². The molecule has 2 aromatic carbocycles. The molecule has 2 heterocycles. The molecule has 0 radical (unpaired) electrons. The summed E-state index contributed by atoms with van der Waals surface area (Å²) >= 11 is 2.94. The molecule has 8 heteroatoms. The number of amides is 1. The number of rotatable bonds is 8. The van der Waals surface area contributed by atoms with Gasteiger partial charge in [-0.25, -0.2) is 14.4 Å². The van der Waals surface area contributed by atoms with Crippen LogP contribution < -0.4 is 4.90 Å². The predicted octanol–water partition coefficient (Wildman–Crippen LogP) is 5.16. The fourth-order valence-electron chi connectivity index (χ4n) is 3.05. The summed E-state index contributed by atoms with van der Waals surface area (Å²) in [5, 5.41) is 0.714. The van der Waals surface area contributed by atoms with E-state index in [0.717, 1.165) is 28.1 Å². The van der Waals surface area contributed by atoms with Crippen LogP contribution in [0, 0.1) is 12.7 Å². The minimum absolute atomic E-state index is 0.00858. The molecule has 0 atom stereocenters. The highest BCUT2D eigenvalue weighted by molar-refractivity contribution is 8.00. The van der Waals surface area contributed by atoms with E-state index in [1.165, 1.54) is 40.8 Å². The SMILES string of the molecule is Cc1ccc2nc(N(CCCn3ccnc3)C(=O)CSc3ccc(F)cc3)sc2c1. The van der Waals surface area contributed by atoms with Crippen molar-refractivity contribution in [3.63, 3.8) is 0 Å². The summed E-state index contributed by atoms with van der Waals surface area (Å²) in [5.74, 6) is -0.0200. The van der Waals surface area contributed by atoms with E-state index in [0.29, 0.717) is 11.7 Å². The number of imidazole rings is 1. The highest BCUT2D eigenvalue weighted by Gasteiger charge is 2.20. The van der Waals surface area contributed by atoms with Crippen molar-refractivity contribution < 1.29 is 9.18 Å². The van der Waals surface area contributed by atoms with Crippen molar-refractivity contribution in [1.82, 2.24) is 14.5 Å². The summed E-state index contributed by atoms with van der Waals surface area (Å²) in [6.07, 6.45) is 6.23. The number of carbonyl (C=O) groups excluding carboxylic acids is 1. The van der Waals surface area contributed by atoms with Gasteiger partial charge in [0.05, 0.1) is 22.3 Å². The largest absolute Gasteiger partial charge is 0.337 e. The monoisotopic (exact) mass is 440 g/mol. The van der Waals surface area contributed by atoms with E-state index in [9.17, 15) is 9.18 Å². The second-order valence-electron chi connectivity index (χ2n) is 6.91. The molecule has 0 aliphatic heterocycles. The van der Waals surface area contributed by atoms with E-state index in [1.54, 1.807) is 29.6 Å². The van der Waals surface area contributed by atoms with Crippen LogP contribution in [0.15, 0.2) is 66.1 Å². The first-order valence-corrected chi connectivity index (χ1v) is 11.4. The van der Waals surface area contributed by atoms with Gasteiger partial charge in [-0.05, 0) is 55.3 Å². The van der Waals surface area contributed by atoms with Crippen molar-refractivity contribution in [2.75, 3.05) is 17.2 Å². The average molecular weight is 441 g/mol. The van der Waals surface area contributed by atoms with Crippen LogP contribution in [0.1, 0.15) is 12.0 Å². The Kier molecular flexibility index (Phi) is 6.44. The van der Waals surface area contributed by atoms with Gasteiger partial charge in [-0.3, -0.25) is 9.69 Å². The lowest BCUT2D eigenvalue weighted by Crippen LogP contribution is -2.33. The Hall–Kier alpha value is -2.71. The van der Waals surface area contributed by atoms with Crippen LogP contribution >= 0.6 is 23.1 Å². The van der Waals surface area contributed by atoms with Gasteiger partial charge < -0.3 is 4.57 Å². The molecular weight excluding hydrogens is 419 g/mol. The molecule has 0 unspecified atom stereocenters. The second-order valence-corrected chi connectivity index (χ2v) is 8.97. The molecule has 0 spiro atoms. The molecule has 4 aromatic rings. The number of benzene rings is 2. The molecule has 0 saturated heterocycles. The number of aryl methyl sites for hydroxylation is 2. The Labute approximate surface area is 182 Å². The van der Waals surface area contributed by atoms with Crippen LogP contribution in [0.5, 0.6) is 0 Å². The molecule has 5 nitrogen and oxygen atoms in total. The van der Waals surface area contributed by atoms with Gasteiger partial charge in [-0.2, -0.15) is 0 Å². The number of anilines is 1. The van der Waals surface area contributed by atoms with Crippen LogP contribution in [0.2, 0.25) is 0 Å². The third-order valence-electron chi connectivity index (χ3n) is 4.60. The van der Waals surface area contributed by atoms with Gasteiger partial charge in [0.1, 0.15) is 5.82 Å². The Bertz CT molecular complexity index is 1130. The van der Waals surface area contributed by atoms with E-state index in [-0.39, 0.29) is 17.5 Å². The molecule has 2 aromatic heterocycles. The van der Waals surface area contributed by atoms with Crippen molar-refractivity contribution in [2.24, 2.45) is 0 Å². The fourth-order valence-corrected chi connectivity index (χ4v) is 4.93. The number of fused-ring (bicyclic) bond motifs is 1. The quantitative estimate of drug-likeness (QED) is 0.355. The number of hydrogen-bond donors (Lipinski definition) is 0. The van der Waals surface area contributed by atoms with Crippen molar-refractivity contribution in [3.8, 4) is 0 Å². The van der Waals surface area contributed by atoms with Crippen molar-refractivity contribution >= 4 is 44.4 Å². The van der Waals surface area contributed by atoms with E-state index < -0.39 is 0 Å². The summed E-state index contributed by atoms with van der Waals surface area (Å²) in [7, 11) is 0. The first kappa shape index (κ1) is 20.6. The third kappa shape index (κ3) is 5.06. The van der Waals surface area contributed by atoms with Crippen LogP contribution in [0.4, 0.5) is 9.52 Å². The number of carbonyl (C=O) groups is 1. The highest BCUT2D eigenvalue weighted by atomic mass is 32.2. The Balaban J connectivity index is 1.50. The minimum atomic E-state index is -0.281. The zero-order chi connectivity index (χ0) is 20.9. The predicted molar refractivity (Wildman–Crippen MR) is 121 cm³/mol. The lowest BCUT2D eigenvalue weighted by atomic mass is 10.2. The van der Waals surface area contributed by atoms with Gasteiger partial charge >= 0.3 is 0 Å². The smallest absolute Gasteiger partial charge is 0.239 e. The van der Waals surface area contributed by atoms with Crippen molar-refractivity contribution in [3.05, 3.63) is 72.6 Å². The minimum Gasteiger partial charge on any atom is -0.337 e. The first-order valence-electron chi connectivity index (χ1n) is 9.60. The zero-order valence-corrected chi connectivity index (χ0v) is 18.1. The topological polar surface area (TPSA) is 51.0 Å². The van der Waals surface area contributed by atoms with Crippen LogP contribution in [-0.2, 0) is 11.3 Å². The number of thioether (sulfide) groups is 1. The van der Waals surface area contributed by atoms with Gasteiger partial charge in [0.15, 0.2) is 5.13 Å². The second kappa shape index (κ2) is 9.40. The number of halogens is 1.